The minimum atomic E-state index is -0.330. The van der Waals surface area contributed by atoms with Gasteiger partial charge in [0.2, 0.25) is 0 Å². The molecule has 1 atom stereocenters. The van der Waals surface area contributed by atoms with Crippen LogP contribution in [0.25, 0.3) is 0 Å². The van der Waals surface area contributed by atoms with Gasteiger partial charge in [0, 0.05) is 13.2 Å². The first-order chi connectivity index (χ1) is 9.17. The van der Waals surface area contributed by atoms with Crippen LogP contribution in [0.5, 0.6) is 0 Å². The largest absolute Gasteiger partial charge is 0.466 e. The van der Waals surface area contributed by atoms with Crippen LogP contribution in [0.4, 0.5) is 10.1 Å². The Balaban J connectivity index is 2.49. The highest BCUT2D eigenvalue weighted by molar-refractivity contribution is 5.70. The van der Waals surface area contributed by atoms with Gasteiger partial charge in [-0.2, -0.15) is 0 Å². The number of anilines is 1. The monoisotopic (exact) mass is 269 g/mol. The Morgan fingerprint density at radius 2 is 2.05 bits per heavy atom. The highest BCUT2D eigenvalue weighted by Crippen LogP contribution is 2.13. The molecular formula is C14H20FNO3. The van der Waals surface area contributed by atoms with E-state index in [-0.39, 0.29) is 24.3 Å². The summed E-state index contributed by atoms with van der Waals surface area (Å²) in [5, 5.41) is 2.94. The number of carbonyl (C=O) groups is 1. The van der Waals surface area contributed by atoms with Crippen molar-refractivity contribution in [2.75, 3.05) is 25.1 Å². The van der Waals surface area contributed by atoms with Gasteiger partial charge in [0.15, 0.2) is 0 Å². The van der Waals surface area contributed by atoms with E-state index in [0.29, 0.717) is 25.4 Å². The van der Waals surface area contributed by atoms with Crippen LogP contribution in [0.3, 0.4) is 0 Å². The Morgan fingerprint density at radius 1 is 1.32 bits per heavy atom. The summed E-state index contributed by atoms with van der Waals surface area (Å²) in [5.41, 5.74) is 0.399. The minimum Gasteiger partial charge on any atom is -0.466 e. The lowest BCUT2D eigenvalue weighted by Crippen LogP contribution is -2.27. The zero-order chi connectivity index (χ0) is 14.1. The van der Waals surface area contributed by atoms with E-state index in [0.717, 1.165) is 0 Å². The fourth-order valence-corrected chi connectivity index (χ4v) is 1.66. The molecule has 106 valence electrons. The molecule has 0 radical (unpaired) electrons. The molecule has 0 aliphatic rings. The molecule has 1 N–H and O–H groups in total. The third kappa shape index (κ3) is 5.70. The van der Waals surface area contributed by atoms with Crippen LogP contribution in [0, 0.1) is 5.82 Å². The van der Waals surface area contributed by atoms with Crippen LogP contribution < -0.4 is 5.32 Å². The van der Waals surface area contributed by atoms with Crippen molar-refractivity contribution in [1.29, 1.82) is 0 Å². The van der Waals surface area contributed by atoms with E-state index in [1.807, 2.05) is 6.92 Å². The Bertz CT molecular complexity index is 398. The smallest absolute Gasteiger partial charge is 0.308 e. The molecule has 4 nitrogen and oxygen atoms in total. The normalized spacial score (nSPS) is 11.9. The van der Waals surface area contributed by atoms with Crippen molar-refractivity contribution in [2.45, 2.75) is 26.4 Å². The molecule has 1 aromatic rings. The van der Waals surface area contributed by atoms with Crippen molar-refractivity contribution < 1.29 is 18.7 Å². The molecule has 1 unspecified atom stereocenters. The molecule has 0 aromatic heterocycles. The van der Waals surface area contributed by atoms with Crippen LogP contribution in [-0.4, -0.2) is 31.8 Å². The lowest BCUT2D eigenvalue weighted by molar-refractivity contribution is -0.146. The molecule has 0 bridgehead atoms. The number of para-hydroxylation sites is 1. The van der Waals surface area contributed by atoms with E-state index >= 15 is 0 Å². The number of hydrogen-bond donors (Lipinski definition) is 1. The molecule has 0 saturated heterocycles. The first kappa shape index (κ1) is 15.4. The summed E-state index contributed by atoms with van der Waals surface area (Å²) in [4.78, 5) is 11.4. The number of hydrogen-bond acceptors (Lipinski definition) is 4. The Labute approximate surface area is 112 Å². The van der Waals surface area contributed by atoms with Crippen LogP contribution in [0.1, 0.15) is 20.3 Å². The molecule has 0 amide bonds. The minimum absolute atomic E-state index is 0.156. The second-order valence-electron chi connectivity index (χ2n) is 3.95. The molecule has 0 saturated carbocycles. The first-order valence-corrected chi connectivity index (χ1v) is 6.43. The van der Waals surface area contributed by atoms with Crippen molar-refractivity contribution >= 4 is 11.7 Å². The van der Waals surface area contributed by atoms with Crippen LogP contribution >= 0.6 is 0 Å². The van der Waals surface area contributed by atoms with Crippen LogP contribution in [0.15, 0.2) is 24.3 Å². The first-order valence-electron chi connectivity index (χ1n) is 6.43. The standard InChI is InChI=1S/C14H20FNO3/c1-3-18-11(9-14(17)19-4-2)10-16-13-8-6-5-7-12(13)15/h5-8,11,16H,3-4,9-10H2,1-2H3. The Kier molecular flexibility index (Phi) is 6.89. The summed E-state index contributed by atoms with van der Waals surface area (Å²) >= 11 is 0. The number of ether oxygens (including phenoxy) is 2. The average molecular weight is 269 g/mol. The number of benzene rings is 1. The maximum Gasteiger partial charge on any atom is 0.308 e. The van der Waals surface area contributed by atoms with Gasteiger partial charge in [-0.05, 0) is 26.0 Å². The van der Waals surface area contributed by atoms with E-state index in [9.17, 15) is 9.18 Å². The molecule has 5 heteroatoms. The average Bonchev–Trinajstić information content (AvgIpc) is 2.38. The molecule has 0 aliphatic carbocycles. The van der Waals surface area contributed by atoms with Gasteiger partial charge in [-0.1, -0.05) is 12.1 Å². The predicted molar refractivity (Wildman–Crippen MR) is 71.6 cm³/mol. The molecule has 19 heavy (non-hydrogen) atoms. The number of carbonyl (C=O) groups excluding carboxylic acids is 1. The van der Waals surface area contributed by atoms with E-state index < -0.39 is 0 Å². The molecular weight excluding hydrogens is 249 g/mol. The summed E-state index contributed by atoms with van der Waals surface area (Å²) in [6.45, 7) is 4.79. The second kappa shape index (κ2) is 8.48. The van der Waals surface area contributed by atoms with Gasteiger partial charge in [-0.15, -0.1) is 0 Å². The number of nitrogens with one attached hydrogen (secondary N) is 1. The number of rotatable bonds is 8. The van der Waals surface area contributed by atoms with Crippen molar-refractivity contribution in [2.24, 2.45) is 0 Å². The van der Waals surface area contributed by atoms with Gasteiger partial charge in [-0.25, -0.2) is 4.39 Å². The maximum atomic E-state index is 13.4. The maximum absolute atomic E-state index is 13.4. The molecule has 0 heterocycles. The molecule has 0 aliphatic heterocycles. The third-order valence-corrected chi connectivity index (χ3v) is 2.50. The predicted octanol–water partition coefficient (Wildman–Crippen LogP) is 2.60. The molecule has 1 rings (SSSR count). The fourth-order valence-electron chi connectivity index (χ4n) is 1.66. The Morgan fingerprint density at radius 3 is 2.68 bits per heavy atom. The quantitative estimate of drug-likeness (QED) is 0.737. The number of esters is 1. The van der Waals surface area contributed by atoms with Crippen molar-refractivity contribution in [3.63, 3.8) is 0 Å². The van der Waals surface area contributed by atoms with Gasteiger partial charge in [0.1, 0.15) is 5.82 Å². The third-order valence-electron chi connectivity index (χ3n) is 2.50. The SMILES string of the molecule is CCOC(=O)CC(CNc1ccccc1F)OCC. The van der Waals surface area contributed by atoms with E-state index in [2.05, 4.69) is 5.32 Å². The molecule has 0 spiro atoms. The lowest BCUT2D eigenvalue weighted by atomic mass is 10.2. The molecule has 0 fully saturated rings. The highest BCUT2D eigenvalue weighted by Gasteiger charge is 2.15. The highest BCUT2D eigenvalue weighted by atomic mass is 19.1. The second-order valence-corrected chi connectivity index (χ2v) is 3.95. The summed E-state index contributed by atoms with van der Waals surface area (Å²) in [6.07, 6.45) is -0.174. The molecule has 1 aromatic carbocycles. The van der Waals surface area contributed by atoms with E-state index in [1.54, 1.807) is 25.1 Å². The van der Waals surface area contributed by atoms with Gasteiger partial charge in [0.05, 0.1) is 24.8 Å². The zero-order valence-electron chi connectivity index (χ0n) is 11.3. The van der Waals surface area contributed by atoms with E-state index in [1.165, 1.54) is 6.07 Å². The van der Waals surface area contributed by atoms with Gasteiger partial charge >= 0.3 is 5.97 Å². The topological polar surface area (TPSA) is 47.6 Å². The zero-order valence-corrected chi connectivity index (χ0v) is 11.3. The summed E-state index contributed by atoms with van der Waals surface area (Å²) in [6, 6.07) is 6.39. The van der Waals surface area contributed by atoms with Crippen LogP contribution in [-0.2, 0) is 14.3 Å². The summed E-state index contributed by atoms with van der Waals surface area (Å²) in [7, 11) is 0. The fraction of sp³-hybridized carbons (Fsp3) is 0.500. The van der Waals surface area contributed by atoms with Gasteiger partial charge in [0.25, 0.3) is 0 Å². The summed E-state index contributed by atoms with van der Waals surface area (Å²) in [5.74, 6) is -0.634. The van der Waals surface area contributed by atoms with Gasteiger partial charge in [-0.3, -0.25) is 4.79 Å². The van der Waals surface area contributed by atoms with Crippen molar-refractivity contribution in [3.8, 4) is 0 Å². The lowest BCUT2D eigenvalue weighted by Gasteiger charge is -2.17. The Hall–Kier alpha value is -1.62. The van der Waals surface area contributed by atoms with Crippen molar-refractivity contribution in [1.82, 2.24) is 0 Å². The van der Waals surface area contributed by atoms with E-state index in [4.69, 9.17) is 9.47 Å². The van der Waals surface area contributed by atoms with Crippen LogP contribution in [0.2, 0.25) is 0 Å². The summed E-state index contributed by atoms with van der Waals surface area (Å²) < 4.78 is 23.7. The number of halogens is 1. The van der Waals surface area contributed by atoms with Gasteiger partial charge < -0.3 is 14.8 Å². The van der Waals surface area contributed by atoms with Crippen molar-refractivity contribution in [3.05, 3.63) is 30.1 Å².